The topological polar surface area (TPSA) is 104 Å². The van der Waals surface area contributed by atoms with Gasteiger partial charge in [-0.15, -0.1) is 0 Å². The molecule has 1 aromatic rings. The number of hydrogen-bond acceptors (Lipinski definition) is 5. The first-order chi connectivity index (χ1) is 13.3. The number of carboxylic acid groups (broad SMARTS) is 1. The van der Waals surface area contributed by atoms with Crippen molar-refractivity contribution in [1.82, 2.24) is 10.2 Å². The third-order valence-electron chi connectivity index (χ3n) is 4.73. The number of benzene rings is 1. The lowest BCUT2D eigenvalue weighted by Gasteiger charge is -2.28. The summed E-state index contributed by atoms with van der Waals surface area (Å²) in [4.78, 5) is 49.9. The van der Waals surface area contributed by atoms with E-state index in [1.165, 1.54) is 18.7 Å². The summed E-state index contributed by atoms with van der Waals surface area (Å²) in [6.45, 7) is 3.23. The molecule has 1 aliphatic rings. The highest BCUT2D eigenvalue weighted by atomic mass is 32.2. The number of carboxylic acids is 1. The molecule has 0 aliphatic carbocycles. The molecule has 2 rings (SSSR count). The van der Waals surface area contributed by atoms with Crippen LogP contribution in [-0.2, 0) is 25.6 Å². The Bertz CT molecular complexity index is 725. The zero-order valence-electron chi connectivity index (χ0n) is 16.1. The van der Waals surface area contributed by atoms with E-state index in [1.807, 2.05) is 30.3 Å². The van der Waals surface area contributed by atoms with Crippen molar-refractivity contribution in [2.75, 3.05) is 6.54 Å². The van der Waals surface area contributed by atoms with Crippen molar-refractivity contribution in [1.29, 1.82) is 0 Å². The summed E-state index contributed by atoms with van der Waals surface area (Å²) in [5.41, 5.74) is 0.921. The van der Waals surface area contributed by atoms with Crippen LogP contribution in [0.25, 0.3) is 0 Å². The Morgan fingerprint density at radius 2 is 1.93 bits per heavy atom. The molecule has 3 atom stereocenters. The van der Waals surface area contributed by atoms with Gasteiger partial charge in [0, 0.05) is 13.5 Å². The summed E-state index contributed by atoms with van der Waals surface area (Å²) in [5, 5.41) is 11.2. The first-order valence-corrected chi connectivity index (χ1v) is 10.2. The Morgan fingerprint density at radius 1 is 1.25 bits per heavy atom. The number of amides is 2. The number of nitrogens with zero attached hydrogens (tertiary/aromatic N) is 1. The molecule has 0 bridgehead atoms. The van der Waals surface area contributed by atoms with Gasteiger partial charge in [0.25, 0.3) is 0 Å². The molecule has 0 radical (unpaired) electrons. The number of thioether (sulfide) groups is 1. The number of nitrogens with one attached hydrogen (secondary N) is 1. The lowest BCUT2D eigenvalue weighted by atomic mass is 10.1. The quantitative estimate of drug-likeness (QED) is 0.716. The molecule has 0 saturated carbocycles. The van der Waals surface area contributed by atoms with Gasteiger partial charge >= 0.3 is 5.97 Å². The van der Waals surface area contributed by atoms with E-state index in [-0.39, 0.29) is 16.9 Å². The van der Waals surface area contributed by atoms with E-state index in [4.69, 9.17) is 0 Å². The lowest BCUT2D eigenvalue weighted by molar-refractivity contribution is -0.150. The number of rotatable bonds is 7. The van der Waals surface area contributed by atoms with E-state index in [0.29, 0.717) is 32.2 Å². The Morgan fingerprint density at radius 3 is 2.54 bits per heavy atom. The molecule has 8 heteroatoms. The highest BCUT2D eigenvalue weighted by molar-refractivity contribution is 8.14. The molecule has 2 amide bonds. The van der Waals surface area contributed by atoms with Crippen molar-refractivity contribution in [2.45, 2.75) is 56.9 Å². The van der Waals surface area contributed by atoms with Crippen molar-refractivity contribution in [3.05, 3.63) is 35.9 Å². The average molecular weight is 407 g/mol. The molecule has 152 valence electrons. The van der Waals surface area contributed by atoms with E-state index in [0.717, 1.165) is 17.3 Å². The van der Waals surface area contributed by atoms with Gasteiger partial charge in [-0.2, -0.15) is 0 Å². The predicted octanol–water partition coefficient (Wildman–Crippen LogP) is 1.85. The average Bonchev–Trinajstić information content (AvgIpc) is 2.83. The largest absolute Gasteiger partial charge is 0.480 e. The zero-order valence-corrected chi connectivity index (χ0v) is 16.9. The Hall–Kier alpha value is -2.35. The van der Waals surface area contributed by atoms with Gasteiger partial charge in [0.1, 0.15) is 12.1 Å². The summed E-state index contributed by atoms with van der Waals surface area (Å²) in [7, 11) is 0. The van der Waals surface area contributed by atoms with Gasteiger partial charge in [0.2, 0.25) is 11.8 Å². The summed E-state index contributed by atoms with van der Waals surface area (Å²) < 4.78 is 0. The maximum Gasteiger partial charge on any atom is 0.326 e. The Kier molecular flexibility index (Phi) is 8.04. The smallest absolute Gasteiger partial charge is 0.326 e. The zero-order chi connectivity index (χ0) is 20.7. The summed E-state index contributed by atoms with van der Waals surface area (Å²) in [6, 6.07) is 7.64. The van der Waals surface area contributed by atoms with Crippen LogP contribution < -0.4 is 5.32 Å². The molecule has 1 saturated heterocycles. The minimum atomic E-state index is -1.07. The number of likely N-dealkylation sites (tertiary alicyclic amines) is 1. The maximum atomic E-state index is 12.8. The van der Waals surface area contributed by atoms with Gasteiger partial charge < -0.3 is 15.3 Å². The second kappa shape index (κ2) is 10.3. The van der Waals surface area contributed by atoms with Crippen LogP contribution in [0.4, 0.5) is 0 Å². The molecule has 28 heavy (non-hydrogen) atoms. The van der Waals surface area contributed by atoms with Gasteiger partial charge in [0.15, 0.2) is 5.12 Å². The fraction of sp³-hybridized carbons (Fsp3) is 0.500. The number of carbonyl (C=O) groups is 4. The third-order valence-corrected chi connectivity index (χ3v) is 5.73. The van der Waals surface area contributed by atoms with Crippen LogP contribution in [-0.4, -0.2) is 56.8 Å². The Balaban J connectivity index is 2.12. The van der Waals surface area contributed by atoms with Crippen LogP contribution in [0, 0.1) is 0 Å². The van der Waals surface area contributed by atoms with E-state index >= 15 is 0 Å². The predicted molar refractivity (Wildman–Crippen MR) is 107 cm³/mol. The van der Waals surface area contributed by atoms with E-state index in [9.17, 15) is 24.3 Å². The lowest BCUT2D eigenvalue weighted by Crippen LogP contribution is -2.53. The second-order valence-electron chi connectivity index (χ2n) is 6.89. The molecule has 0 spiro atoms. The SMILES string of the molecule is CC(=O)SC(Cc1ccccc1)C(=O)NC1CCCCN(C(C)C(=O)O)C1=O. The highest BCUT2D eigenvalue weighted by Crippen LogP contribution is 2.20. The summed E-state index contributed by atoms with van der Waals surface area (Å²) >= 11 is 0.940. The second-order valence-corrected chi connectivity index (χ2v) is 8.27. The first-order valence-electron chi connectivity index (χ1n) is 9.34. The van der Waals surface area contributed by atoms with Gasteiger partial charge in [0.05, 0.1) is 5.25 Å². The molecule has 3 unspecified atom stereocenters. The Labute approximate surface area is 168 Å². The standard InChI is InChI=1S/C20H26N2O5S/c1-13(20(26)27)22-11-7-6-10-16(19(22)25)21-18(24)17(28-14(2)23)12-15-8-4-3-5-9-15/h3-5,8-9,13,16-17H,6-7,10-12H2,1-2H3,(H,21,24)(H,26,27). The van der Waals surface area contributed by atoms with Crippen LogP contribution in [0.1, 0.15) is 38.7 Å². The molecular formula is C20H26N2O5S. The van der Waals surface area contributed by atoms with E-state index in [1.54, 1.807) is 0 Å². The number of carbonyl (C=O) groups excluding carboxylic acids is 3. The molecule has 1 heterocycles. The maximum absolute atomic E-state index is 12.8. The molecule has 7 nitrogen and oxygen atoms in total. The van der Waals surface area contributed by atoms with Crippen LogP contribution in [0.3, 0.4) is 0 Å². The van der Waals surface area contributed by atoms with E-state index < -0.39 is 23.3 Å². The first kappa shape index (κ1) is 21.9. The summed E-state index contributed by atoms with van der Waals surface area (Å²) in [6.07, 6.45) is 2.22. The van der Waals surface area contributed by atoms with Crippen LogP contribution in [0.5, 0.6) is 0 Å². The molecule has 1 fully saturated rings. The van der Waals surface area contributed by atoms with Crippen LogP contribution in [0.2, 0.25) is 0 Å². The fourth-order valence-electron chi connectivity index (χ4n) is 3.20. The van der Waals surface area contributed by atoms with Crippen molar-refractivity contribution >= 4 is 34.7 Å². The van der Waals surface area contributed by atoms with Gasteiger partial charge in [-0.1, -0.05) is 42.1 Å². The normalized spacial score (nSPS) is 19.4. The van der Waals surface area contributed by atoms with Crippen molar-refractivity contribution < 1.29 is 24.3 Å². The number of hydrogen-bond donors (Lipinski definition) is 2. The highest BCUT2D eigenvalue weighted by Gasteiger charge is 2.34. The fourth-order valence-corrected chi connectivity index (χ4v) is 4.05. The van der Waals surface area contributed by atoms with Crippen LogP contribution in [0.15, 0.2) is 30.3 Å². The molecule has 1 aromatic carbocycles. The minimum Gasteiger partial charge on any atom is -0.480 e. The minimum absolute atomic E-state index is 0.176. The van der Waals surface area contributed by atoms with Gasteiger partial charge in [-0.05, 0) is 38.2 Å². The molecule has 1 aliphatic heterocycles. The molecular weight excluding hydrogens is 380 g/mol. The van der Waals surface area contributed by atoms with Crippen molar-refractivity contribution in [2.24, 2.45) is 0 Å². The third kappa shape index (κ3) is 6.09. The summed E-state index contributed by atoms with van der Waals surface area (Å²) in [5.74, 6) is -1.84. The van der Waals surface area contributed by atoms with Gasteiger partial charge in [-0.3, -0.25) is 14.4 Å². The molecule has 2 N–H and O–H groups in total. The molecule has 0 aromatic heterocycles. The van der Waals surface area contributed by atoms with E-state index in [2.05, 4.69) is 5.32 Å². The van der Waals surface area contributed by atoms with Crippen molar-refractivity contribution in [3.63, 3.8) is 0 Å². The van der Waals surface area contributed by atoms with Crippen molar-refractivity contribution in [3.8, 4) is 0 Å². The monoisotopic (exact) mass is 406 g/mol. The van der Waals surface area contributed by atoms with Gasteiger partial charge in [-0.25, -0.2) is 4.79 Å². The number of aliphatic carboxylic acids is 1. The van der Waals surface area contributed by atoms with Crippen LogP contribution >= 0.6 is 11.8 Å².